The minimum absolute atomic E-state index is 0.134. The number of hydrogen-bond acceptors (Lipinski definition) is 3. The van der Waals surface area contributed by atoms with Crippen LogP contribution in [0.2, 0.25) is 0 Å². The van der Waals surface area contributed by atoms with E-state index in [4.69, 9.17) is 4.42 Å². The van der Waals surface area contributed by atoms with Gasteiger partial charge in [-0.2, -0.15) is 0 Å². The molecule has 1 aliphatic rings. The van der Waals surface area contributed by atoms with Gasteiger partial charge in [0, 0.05) is 12.0 Å². The third kappa shape index (κ3) is 1.62. The van der Waals surface area contributed by atoms with E-state index >= 15 is 0 Å². The molecule has 0 fully saturated rings. The first-order valence-corrected chi connectivity index (χ1v) is 5.23. The van der Waals surface area contributed by atoms with Crippen molar-refractivity contribution in [3.8, 4) is 0 Å². The van der Waals surface area contributed by atoms with E-state index in [1.165, 1.54) is 6.26 Å². The van der Waals surface area contributed by atoms with E-state index in [1.807, 2.05) is 6.92 Å². The molecular weight excluding hydrogens is 192 g/mol. The second-order valence-electron chi connectivity index (χ2n) is 4.42. The van der Waals surface area contributed by atoms with E-state index in [0.29, 0.717) is 17.8 Å². The summed E-state index contributed by atoms with van der Waals surface area (Å²) in [5.74, 6) is 1.49. The Kier molecular flexibility index (Phi) is 2.47. The predicted molar refractivity (Wildman–Crippen MR) is 56.3 cm³/mol. The highest BCUT2D eigenvalue weighted by Crippen LogP contribution is 2.32. The number of fused-ring (bicyclic) bond motifs is 1. The molecule has 1 aromatic rings. The van der Waals surface area contributed by atoms with Gasteiger partial charge in [-0.05, 0) is 18.3 Å². The van der Waals surface area contributed by atoms with Gasteiger partial charge in [0.2, 0.25) is 0 Å². The average Bonchev–Trinajstić information content (AvgIpc) is 2.17. The van der Waals surface area contributed by atoms with Crippen LogP contribution < -0.4 is 5.43 Å². The van der Waals surface area contributed by atoms with Gasteiger partial charge < -0.3 is 4.42 Å². The fourth-order valence-electron chi connectivity index (χ4n) is 2.39. The van der Waals surface area contributed by atoms with Crippen LogP contribution in [0.25, 0.3) is 0 Å². The van der Waals surface area contributed by atoms with E-state index in [0.717, 1.165) is 18.6 Å². The van der Waals surface area contributed by atoms with Gasteiger partial charge in [0.1, 0.15) is 12.0 Å². The van der Waals surface area contributed by atoms with E-state index < -0.39 is 0 Å². The first kappa shape index (κ1) is 10.1. The maximum Gasteiger partial charge on any atom is 0.199 e. The molecule has 0 bridgehead atoms. The molecule has 15 heavy (non-hydrogen) atoms. The minimum atomic E-state index is -0.148. The number of rotatable bonds is 1. The van der Waals surface area contributed by atoms with Crippen molar-refractivity contribution in [2.24, 2.45) is 5.92 Å². The van der Waals surface area contributed by atoms with E-state index in [9.17, 15) is 9.59 Å². The second-order valence-corrected chi connectivity index (χ2v) is 4.42. The molecule has 2 unspecified atom stereocenters. The number of carbonyl (C=O) groups excluding carboxylic acids is 1. The molecule has 0 saturated heterocycles. The van der Waals surface area contributed by atoms with Crippen LogP contribution in [0, 0.1) is 5.92 Å². The van der Waals surface area contributed by atoms with Crippen molar-refractivity contribution in [2.75, 3.05) is 0 Å². The Morgan fingerprint density at radius 3 is 2.87 bits per heavy atom. The summed E-state index contributed by atoms with van der Waals surface area (Å²) in [4.78, 5) is 22.5. The first-order chi connectivity index (χ1) is 7.13. The molecule has 3 heteroatoms. The van der Waals surface area contributed by atoms with Gasteiger partial charge in [-0.15, -0.1) is 0 Å². The molecule has 1 aromatic heterocycles. The summed E-state index contributed by atoms with van der Waals surface area (Å²) in [6.07, 6.45) is 3.63. The number of aldehydes is 1. The van der Waals surface area contributed by atoms with E-state index in [1.54, 1.807) is 0 Å². The van der Waals surface area contributed by atoms with Crippen molar-refractivity contribution < 1.29 is 9.21 Å². The highest BCUT2D eigenvalue weighted by atomic mass is 16.3. The highest BCUT2D eigenvalue weighted by molar-refractivity contribution is 5.74. The molecule has 0 radical (unpaired) electrons. The fourth-order valence-corrected chi connectivity index (χ4v) is 2.39. The van der Waals surface area contributed by atoms with Crippen LogP contribution in [-0.2, 0) is 6.42 Å². The van der Waals surface area contributed by atoms with Crippen LogP contribution in [0.1, 0.15) is 47.9 Å². The summed E-state index contributed by atoms with van der Waals surface area (Å²) in [6.45, 7) is 4.16. The van der Waals surface area contributed by atoms with Crippen molar-refractivity contribution in [1.29, 1.82) is 0 Å². The lowest BCUT2D eigenvalue weighted by atomic mass is 9.81. The quantitative estimate of drug-likeness (QED) is 0.661. The summed E-state index contributed by atoms with van der Waals surface area (Å²) in [5, 5.41) is 0. The smallest absolute Gasteiger partial charge is 0.199 e. The van der Waals surface area contributed by atoms with Gasteiger partial charge in [-0.1, -0.05) is 13.8 Å². The standard InChI is InChI=1S/C12H14O3/c1-7-3-8(2)11-10(4-7)15-6-9(5-13)12(11)14/h5-8H,3-4H2,1-2H3. The molecular formula is C12H14O3. The Morgan fingerprint density at radius 1 is 1.47 bits per heavy atom. The Labute approximate surface area is 88.1 Å². The SMILES string of the molecule is CC1Cc2occ(C=O)c(=O)c2C(C)C1. The zero-order valence-electron chi connectivity index (χ0n) is 8.95. The van der Waals surface area contributed by atoms with Crippen LogP contribution in [0.15, 0.2) is 15.5 Å². The van der Waals surface area contributed by atoms with Crippen molar-refractivity contribution in [3.05, 3.63) is 33.4 Å². The third-order valence-corrected chi connectivity index (χ3v) is 3.04. The maximum absolute atomic E-state index is 11.9. The Balaban J connectivity index is 2.61. The van der Waals surface area contributed by atoms with Crippen LogP contribution in [-0.4, -0.2) is 6.29 Å². The summed E-state index contributed by atoms with van der Waals surface area (Å²) >= 11 is 0. The van der Waals surface area contributed by atoms with Gasteiger partial charge in [-0.3, -0.25) is 9.59 Å². The molecule has 0 aliphatic heterocycles. The summed E-state index contributed by atoms with van der Waals surface area (Å²) in [7, 11) is 0. The van der Waals surface area contributed by atoms with Crippen LogP contribution >= 0.6 is 0 Å². The second kappa shape index (κ2) is 3.65. The van der Waals surface area contributed by atoms with Crippen LogP contribution in [0.5, 0.6) is 0 Å². The molecule has 0 aromatic carbocycles. The monoisotopic (exact) mass is 206 g/mol. The highest BCUT2D eigenvalue weighted by Gasteiger charge is 2.26. The van der Waals surface area contributed by atoms with Gasteiger partial charge in [0.05, 0.1) is 5.56 Å². The molecule has 80 valence electrons. The largest absolute Gasteiger partial charge is 0.468 e. The predicted octanol–water partition coefficient (Wildman–Crippen LogP) is 2.14. The third-order valence-electron chi connectivity index (χ3n) is 3.04. The zero-order chi connectivity index (χ0) is 11.0. The van der Waals surface area contributed by atoms with Crippen LogP contribution in [0.4, 0.5) is 0 Å². The van der Waals surface area contributed by atoms with Gasteiger partial charge in [0.25, 0.3) is 0 Å². The van der Waals surface area contributed by atoms with Crippen molar-refractivity contribution in [3.63, 3.8) is 0 Å². The summed E-state index contributed by atoms with van der Waals surface area (Å²) in [5.41, 5.74) is 0.693. The molecule has 0 saturated carbocycles. The lowest BCUT2D eigenvalue weighted by molar-refractivity contribution is 0.111. The lowest BCUT2D eigenvalue weighted by Crippen LogP contribution is -2.24. The molecule has 1 heterocycles. The van der Waals surface area contributed by atoms with Crippen molar-refractivity contribution in [1.82, 2.24) is 0 Å². The first-order valence-electron chi connectivity index (χ1n) is 5.23. The topological polar surface area (TPSA) is 47.3 Å². The summed E-state index contributed by atoms with van der Waals surface area (Å²) in [6, 6.07) is 0. The maximum atomic E-state index is 11.9. The summed E-state index contributed by atoms with van der Waals surface area (Å²) < 4.78 is 5.36. The average molecular weight is 206 g/mol. The Hall–Kier alpha value is -1.38. The van der Waals surface area contributed by atoms with E-state index in [2.05, 4.69) is 6.92 Å². The normalized spacial score (nSPS) is 24.7. The fraction of sp³-hybridized carbons (Fsp3) is 0.500. The molecule has 3 nitrogen and oxygen atoms in total. The number of hydrogen-bond donors (Lipinski definition) is 0. The molecule has 0 N–H and O–H groups in total. The molecule has 0 amide bonds. The van der Waals surface area contributed by atoms with Crippen molar-refractivity contribution in [2.45, 2.75) is 32.6 Å². The molecule has 1 aliphatic carbocycles. The van der Waals surface area contributed by atoms with Crippen LogP contribution in [0.3, 0.4) is 0 Å². The van der Waals surface area contributed by atoms with Gasteiger partial charge in [-0.25, -0.2) is 0 Å². The molecule has 0 spiro atoms. The van der Waals surface area contributed by atoms with Crippen molar-refractivity contribution >= 4 is 6.29 Å². The Morgan fingerprint density at radius 2 is 2.20 bits per heavy atom. The molecule has 2 atom stereocenters. The lowest BCUT2D eigenvalue weighted by Gasteiger charge is -2.24. The van der Waals surface area contributed by atoms with E-state index in [-0.39, 0.29) is 16.9 Å². The number of carbonyl (C=O) groups is 1. The minimum Gasteiger partial charge on any atom is -0.468 e. The van der Waals surface area contributed by atoms with Gasteiger partial charge >= 0.3 is 0 Å². The molecule has 2 rings (SSSR count). The Bertz CT molecular complexity index is 445. The van der Waals surface area contributed by atoms with Gasteiger partial charge in [0.15, 0.2) is 11.7 Å². The zero-order valence-corrected chi connectivity index (χ0v) is 8.95.